The third kappa shape index (κ3) is 10.9. The minimum Gasteiger partial charge on any atom is -0.481 e. The summed E-state index contributed by atoms with van der Waals surface area (Å²) in [6.45, 7) is 1.91. The van der Waals surface area contributed by atoms with E-state index in [1.807, 2.05) is 12.1 Å². The maximum atomic E-state index is 14.8. The number of hydrogen-bond donors (Lipinski definition) is 10. The summed E-state index contributed by atoms with van der Waals surface area (Å²) in [7, 11) is 0. The number of benzene rings is 2. The minimum atomic E-state index is -0.847. The van der Waals surface area contributed by atoms with Crippen LogP contribution in [-0.4, -0.2) is 110 Å². The molecule has 2 saturated heterocycles. The smallest absolute Gasteiger partial charge is 0.309 e. The number of carboxylic acid groups (broad SMARTS) is 2. The Bertz CT molecular complexity index is 2960. The number of aliphatic carboxylic acids is 2. The Balaban J connectivity index is 0.000000174. The summed E-state index contributed by atoms with van der Waals surface area (Å²) in [5.41, 5.74) is 3.79. The molecule has 10 rings (SSSR count). The van der Waals surface area contributed by atoms with Crippen molar-refractivity contribution in [2.24, 2.45) is 11.8 Å². The summed E-state index contributed by atoms with van der Waals surface area (Å²) in [4.78, 5) is 41.1. The van der Waals surface area contributed by atoms with Crippen LogP contribution >= 0.6 is 0 Å². The first-order valence-electron chi connectivity index (χ1n) is 22.4. The fraction of sp³-hybridized carbons (Fsp3) is 0.250. The van der Waals surface area contributed by atoms with Gasteiger partial charge in [0.15, 0.2) is 0 Å². The van der Waals surface area contributed by atoms with Crippen molar-refractivity contribution < 1.29 is 38.8 Å². The lowest BCUT2D eigenvalue weighted by molar-refractivity contribution is -0.143. The van der Waals surface area contributed by atoms with Crippen molar-refractivity contribution in [1.82, 2.24) is 50.1 Å². The van der Waals surface area contributed by atoms with Crippen molar-refractivity contribution in [1.29, 1.82) is 0 Å². The SMILES string of the molecule is O=C(O)[C@@H]1CNCC[C@H]1Nc1ccc2cnc(Nc3ccc(-n4ccc(CO)n4)cc3F)cc2n1.O=C(O)[C@H]1CNCC[C@@H]1Nc1ccc2cnc(Nc3ccc(-n4ccc(CO)n4)cc3F)cc2n1. The van der Waals surface area contributed by atoms with Crippen molar-refractivity contribution in [2.75, 3.05) is 47.4 Å². The number of rotatable bonds is 14. The fourth-order valence-corrected chi connectivity index (χ4v) is 8.24. The van der Waals surface area contributed by atoms with Crippen molar-refractivity contribution in [3.8, 4) is 11.4 Å². The molecule has 0 bridgehead atoms. The van der Waals surface area contributed by atoms with Gasteiger partial charge in [-0.3, -0.25) is 9.59 Å². The number of piperidine rings is 2. The summed E-state index contributed by atoms with van der Waals surface area (Å²) in [6.07, 6.45) is 7.94. The standard InChI is InChI=1S/2C24H24FN7O3/c2*25-18-9-16(32-8-6-15(13-33)31-32)2-3-20(18)29-23-10-21-14(11-27-23)1-4-22(30-21)28-19-5-7-26-12-17(19)24(34)35/h2*1-4,6,8-11,17,19,26,33H,5,7,12-13H2,(H,27,29)(H,28,30)(H,34,35)/t2*17-,19-/m10/s1. The first kappa shape index (κ1) is 46.9. The maximum absolute atomic E-state index is 14.8. The van der Waals surface area contributed by atoms with Gasteiger partial charge in [-0.25, -0.2) is 38.1 Å². The summed E-state index contributed by atoms with van der Waals surface area (Å²) < 4.78 is 32.6. The van der Waals surface area contributed by atoms with Crippen molar-refractivity contribution in [3.05, 3.63) is 133 Å². The average molecular weight is 955 g/mol. The van der Waals surface area contributed by atoms with E-state index in [9.17, 15) is 28.6 Å². The van der Waals surface area contributed by atoms with E-state index >= 15 is 0 Å². The van der Waals surface area contributed by atoms with Crippen LogP contribution in [0, 0.1) is 23.5 Å². The predicted molar refractivity (Wildman–Crippen MR) is 257 cm³/mol. The van der Waals surface area contributed by atoms with E-state index in [0.717, 1.165) is 23.9 Å². The van der Waals surface area contributed by atoms with Crippen LogP contribution in [0.25, 0.3) is 33.2 Å². The molecule has 2 aliphatic rings. The molecule has 360 valence electrons. The Morgan fingerprint density at radius 3 is 1.43 bits per heavy atom. The van der Waals surface area contributed by atoms with E-state index in [1.54, 1.807) is 85.5 Å². The Hall–Kier alpha value is -8.18. The number of aliphatic hydroxyl groups excluding tert-OH is 2. The molecule has 0 saturated carbocycles. The number of hydrogen-bond acceptors (Lipinski definition) is 16. The van der Waals surface area contributed by atoms with Gasteiger partial charge in [0, 0.05) is 85.0 Å². The van der Waals surface area contributed by atoms with Gasteiger partial charge >= 0.3 is 11.9 Å². The number of nitrogens with zero attached hydrogens (tertiary/aromatic N) is 8. The number of halogens is 2. The highest BCUT2D eigenvalue weighted by molar-refractivity contribution is 5.84. The molecule has 6 aromatic heterocycles. The number of nitrogens with one attached hydrogen (secondary N) is 6. The van der Waals surface area contributed by atoms with Crippen molar-refractivity contribution >= 4 is 68.4 Å². The van der Waals surface area contributed by atoms with E-state index in [-0.39, 0.29) is 36.7 Å². The topological polar surface area (TPSA) is 274 Å². The number of fused-ring (bicyclic) bond motifs is 2. The first-order chi connectivity index (χ1) is 34.0. The van der Waals surface area contributed by atoms with Gasteiger partial charge in [0.1, 0.15) is 34.9 Å². The largest absolute Gasteiger partial charge is 0.481 e. The van der Waals surface area contributed by atoms with Crippen LogP contribution < -0.4 is 31.9 Å². The van der Waals surface area contributed by atoms with Crippen LogP contribution in [0.5, 0.6) is 0 Å². The highest BCUT2D eigenvalue weighted by Gasteiger charge is 2.32. The summed E-state index contributed by atoms with van der Waals surface area (Å²) in [5, 5.41) is 65.9. The molecule has 2 aliphatic heterocycles. The van der Waals surface area contributed by atoms with Gasteiger partial charge in [-0.15, -0.1) is 0 Å². The molecule has 0 radical (unpaired) electrons. The van der Waals surface area contributed by atoms with Gasteiger partial charge in [0.2, 0.25) is 0 Å². The quantitative estimate of drug-likeness (QED) is 0.0660. The molecular formula is C48H48F2N14O6. The van der Waals surface area contributed by atoms with E-state index in [0.29, 0.717) is 83.0 Å². The zero-order valence-electron chi connectivity index (χ0n) is 37.3. The number of carbonyl (C=O) groups is 2. The Morgan fingerprint density at radius 2 is 1.04 bits per heavy atom. The molecule has 10 N–H and O–H groups in total. The summed E-state index contributed by atoms with van der Waals surface area (Å²) in [6, 6.07) is 22.9. The van der Waals surface area contributed by atoms with Crippen LogP contribution in [-0.2, 0) is 22.8 Å². The van der Waals surface area contributed by atoms with E-state index in [1.165, 1.54) is 21.5 Å². The monoisotopic (exact) mass is 954 g/mol. The fourth-order valence-electron chi connectivity index (χ4n) is 8.24. The van der Waals surface area contributed by atoms with Crippen LogP contribution in [0.3, 0.4) is 0 Å². The highest BCUT2D eigenvalue weighted by Crippen LogP contribution is 2.28. The molecule has 8 heterocycles. The maximum Gasteiger partial charge on any atom is 0.309 e. The molecule has 70 heavy (non-hydrogen) atoms. The molecule has 20 nitrogen and oxygen atoms in total. The minimum absolute atomic E-state index is 0.188. The molecule has 0 spiro atoms. The number of aromatic nitrogens is 8. The number of carboxylic acids is 2. The second kappa shape index (κ2) is 21.0. The lowest BCUT2D eigenvalue weighted by Crippen LogP contribution is -2.47. The van der Waals surface area contributed by atoms with E-state index < -0.39 is 35.4 Å². The Morgan fingerprint density at radius 1 is 0.600 bits per heavy atom. The van der Waals surface area contributed by atoms with Gasteiger partial charge in [0.05, 0.1) is 70.2 Å². The highest BCUT2D eigenvalue weighted by atomic mass is 19.1. The number of anilines is 6. The molecule has 4 atom stereocenters. The lowest BCUT2D eigenvalue weighted by Gasteiger charge is -2.30. The zero-order chi connectivity index (χ0) is 48.7. The van der Waals surface area contributed by atoms with Crippen LogP contribution in [0.2, 0.25) is 0 Å². The summed E-state index contributed by atoms with van der Waals surface area (Å²) in [5.74, 6) is -1.77. The molecule has 8 aromatic rings. The van der Waals surface area contributed by atoms with Crippen LogP contribution in [0.1, 0.15) is 24.2 Å². The molecule has 0 amide bonds. The zero-order valence-corrected chi connectivity index (χ0v) is 37.3. The number of pyridine rings is 4. The van der Waals surface area contributed by atoms with Gasteiger partial charge < -0.3 is 52.3 Å². The Labute approximate surface area is 397 Å². The third-order valence-corrected chi connectivity index (χ3v) is 12.0. The van der Waals surface area contributed by atoms with E-state index in [4.69, 9.17) is 10.2 Å². The Kier molecular flexibility index (Phi) is 14.1. The van der Waals surface area contributed by atoms with Crippen LogP contribution in [0.4, 0.5) is 43.4 Å². The second-order valence-corrected chi connectivity index (χ2v) is 16.7. The molecule has 0 aliphatic carbocycles. The molecule has 2 fully saturated rings. The van der Waals surface area contributed by atoms with Gasteiger partial charge in [-0.2, -0.15) is 10.2 Å². The molecule has 22 heteroatoms. The molecule has 0 unspecified atom stereocenters. The van der Waals surface area contributed by atoms with Gasteiger partial charge in [0.25, 0.3) is 0 Å². The second-order valence-electron chi connectivity index (χ2n) is 16.7. The van der Waals surface area contributed by atoms with Gasteiger partial charge in [-0.05, 0) is 86.6 Å². The predicted octanol–water partition coefficient (Wildman–Crippen LogP) is 5.33. The van der Waals surface area contributed by atoms with Crippen molar-refractivity contribution in [2.45, 2.75) is 38.1 Å². The molecular weight excluding hydrogens is 907 g/mol. The number of aliphatic hydroxyl groups is 2. The lowest BCUT2D eigenvalue weighted by atomic mass is 9.93. The van der Waals surface area contributed by atoms with Crippen LogP contribution in [0.15, 0.2) is 110 Å². The first-order valence-corrected chi connectivity index (χ1v) is 22.4. The van der Waals surface area contributed by atoms with Gasteiger partial charge in [-0.1, -0.05) is 0 Å². The average Bonchev–Trinajstić information content (AvgIpc) is 4.07. The van der Waals surface area contributed by atoms with E-state index in [2.05, 4.69) is 62.0 Å². The third-order valence-electron chi connectivity index (χ3n) is 12.0. The normalized spacial score (nSPS) is 17.9. The van der Waals surface area contributed by atoms with Crippen molar-refractivity contribution in [3.63, 3.8) is 0 Å². The molecule has 2 aromatic carbocycles. The summed E-state index contributed by atoms with van der Waals surface area (Å²) >= 11 is 0.